The minimum absolute atomic E-state index is 0.506. The van der Waals surface area contributed by atoms with Gasteiger partial charge in [-0.25, -0.2) is 0 Å². The van der Waals surface area contributed by atoms with Gasteiger partial charge >= 0.3 is 0 Å². The van der Waals surface area contributed by atoms with Crippen LogP contribution in [0.1, 0.15) is 19.4 Å². The van der Waals surface area contributed by atoms with E-state index < -0.39 is 0 Å². The molecule has 0 bridgehead atoms. The summed E-state index contributed by atoms with van der Waals surface area (Å²) in [6.45, 7) is 6.33. The zero-order chi connectivity index (χ0) is 11.7. The highest BCUT2D eigenvalue weighted by molar-refractivity contribution is 7.99. The highest BCUT2D eigenvalue weighted by atomic mass is 35.5. The highest BCUT2D eigenvalue weighted by Crippen LogP contribution is 2.27. The van der Waals surface area contributed by atoms with Crippen LogP contribution >= 0.6 is 23.4 Å². The first-order valence-corrected chi connectivity index (χ1v) is 6.44. The zero-order valence-corrected chi connectivity index (χ0v) is 11.0. The van der Waals surface area contributed by atoms with Crippen LogP contribution in [0.15, 0.2) is 11.4 Å². The predicted molar refractivity (Wildman–Crippen MR) is 66.1 cm³/mol. The molecule has 0 amide bonds. The van der Waals surface area contributed by atoms with Crippen LogP contribution in [0.25, 0.3) is 5.78 Å². The molecular weight excluding hydrogens is 244 g/mol. The molecule has 2 rings (SSSR count). The van der Waals surface area contributed by atoms with Crippen LogP contribution in [0, 0.1) is 12.8 Å². The molecule has 0 aromatic carbocycles. The molecule has 4 nitrogen and oxygen atoms in total. The first-order chi connectivity index (χ1) is 7.59. The lowest BCUT2D eigenvalue weighted by Gasteiger charge is -2.09. The van der Waals surface area contributed by atoms with Gasteiger partial charge in [0, 0.05) is 11.3 Å². The van der Waals surface area contributed by atoms with Gasteiger partial charge in [-0.3, -0.25) is 0 Å². The van der Waals surface area contributed by atoms with Gasteiger partial charge < -0.3 is 0 Å². The Morgan fingerprint density at radius 2 is 2.25 bits per heavy atom. The van der Waals surface area contributed by atoms with Crippen molar-refractivity contribution < 1.29 is 0 Å². The molecule has 16 heavy (non-hydrogen) atoms. The van der Waals surface area contributed by atoms with Crippen LogP contribution in [0.2, 0.25) is 5.15 Å². The molecule has 0 saturated heterocycles. The second-order valence-corrected chi connectivity index (χ2v) is 5.38. The summed E-state index contributed by atoms with van der Waals surface area (Å²) in [6, 6.07) is 0. The largest absolute Gasteiger partial charge is 0.254 e. The van der Waals surface area contributed by atoms with E-state index in [1.165, 1.54) is 6.33 Å². The highest BCUT2D eigenvalue weighted by Gasteiger charge is 2.12. The Hall–Kier alpha value is -0.810. The van der Waals surface area contributed by atoms with Gasteiger partial charge in [0.1, 0.15) is 16.5 Å². The molecule has 0 aliphatic rings. The fourth-order valence-corrected chi connectivity index (χ4v) is 2.57. The number of fused-ring (bicyclic) bond motifs is 1. The first-order valence-electron chi connectivity index (χ1n) is 5.08. The van der Waals surface area contributed by atoms with Gasteiger partial charge in [0.15, 0.2) is 0 Å². The number of hydrogen-bond donors (Lipinski definition) is 0. The van der Waals surface area contributed by atoms with Gasteiger partial charge in [0.2, 0.25) is 0 Å². The molecule has 0 unspecified atom stereocenters. The molecule has 2 aromatic heterocycles. The van der Waals surface area contributed by atoms with E-state index in [-0.39, 0.29) is 0 Å². The van der Waals surface area contributed by atoms with Crippen LogP contribution in [0.5, 0.6) is 0 Å². The predicted octanol–water partition coefficient (Wildman–Crippen LogP) is 2.83. The molecular formula is C10H13ClN4S. The molecule has 0 aliphatic heterocycles. The van der Waals surface area contributed by atoms with Crippen molar-refractivity contribution in [1.82, 2.24) is 19.6 Å². The Morgan fingerprint density at radius 3 is 2.94 bits per heavy atom. The Bertz CT molecular complexity index is 509. The van der Waals surface area contributed by atoms with E-state index in [4.69, 9.17) is 11.6 Å². The Kier molecular flexibility index (Phi) is 3.35. The Labute approximate surface area is 103 Å². The second-order valence-electron chi connectivity index (χ2n) is 4.01. The standard InChI is InChI=1S/C10H13ClN4S/c1-6(2)4-16-9-7(3)8(11)14-10-12-5-13-15(9)10/h5-6H,4H2,1-3H3. The normalized spacial score (nSPS) is 11.6. The maximum absolute atomic E-state index is 6.06. The molecule has 0 saturated carbocycles. The van der Waals surface area contributed by atoms with E-state index in [1.807, 2.05) is 6.92 Å². The van der Waals surface area contributed by atoms with Crippen molar-refractivity contribution in [1.29, 1.82) is 0 Å². The number of hydrogen-bond acceptors (Lipinski definition) is 4. The summed E-state index contributed by atoms with van der Waals surface area (Å²) in [4.78, 5) is 8.22. The summed E-state index contributed by atoms with van der Waals surface area (Å²) in [5.41, 5.74) is 0.963. The third-order valence-corrected chi connectivity index (χ3v) is 4.06. The number of aromatic nitrogens is 4. The molecule has 0 radical (unpaired) electrons. The van der Waals surface area contributed by atoms with E-state index in [9.17, 15) is 0 Å². The minimum atomic E-state index is 0.506. The molecule has 2 heterocycles. The summed E-state index contributed by atoms with van der Waals surface area (Å²) in [6.07, 6.45) is 1.50. The molecule has 0 atom stereocenters. The number of nitrogens with zero attached hydrogens (tertiary/aromatic N) is 4. The van der Waals surface area contributed by atoms with Gasteiger partial charge in [-0.05, 0) is 12.8 Å². The van der Waals surface area contributed by atoms with Crippen molar-refractivity contribution in [3.8, 4) is 0 Å². The van der Waals surface area contributed by atoms with E-state index in [0.29, 0.717) is 16.8 Å². The third kappa shape index (κ3) is 2.15. The second kappa shape index (κ2) is 4.59. The van der Waals surface area contributed by atoms with Gasteiger partial charge in [-0.15, -0.1) is 11.8 Å². The fraction of sp³-hybridized carbons (Fsp3) is 0.500. The van der Waals surface area contributed by atoms with Crippen LogP contribution < -0.4 is 0 Å². The van der Waals surface area contributed by atoms with E-state index >= 15 is 0 Å². The van der Waals surface area contributed by atoms with Crippen LogP contribution in [-0.2, 0) is 0 Å². The van der Waals surface area contributed by atoms with Crippen molar-refractivity contribution in [2.75, 3.05) is 5.75 Å². The van der Waals surface area contributed by atoms with Crippen molar-refractivity contribution >= 4 is 29.1 Å². The topological polar surface area (TPSA) is 43.1 Å². The number of thioether (sulfide) groups is 1. The quantitative estimate of drug-likeness (QED) is 0.626. The minimum Gasteiger partial charge on any atom is -0.199 e. The van der Waals surface area contributed by atoms with Gasteiger partial charge in [-0.1, -0.05) is 25.4 Å². The lowest BCUT2D eigenvalue weighted by atomic mass is 10.3. The van der Waals surface area contributed by atoms with E-state index in [2.05, 4.69) is 28.9 Å². The lowest BCUT2D eigenvalue weighted by Crippen LogP contribution is -2.02. The Balaban J connectivity index is 2.47. The van der Waals surface area contributed by atoms with E-state index in [1.54, 1.807) is 16.3 Å². The molecule has 0 spiro atoms. The summed E-state index contributed by atoms with van der Waals surface area (Å²) in [5.74, 6) is 2.20. The van der Waals surface area contributed by atoms with Gasteiger partial charge in [0.25, 0.3) is 5.78 Å². The number of rotatable bonds is 3. The average molecular weight is 257 g/mol. The maximum Gasteiger partial charge on any atom is 0.254 e. The average Bonchev–Trinajstić information content (AvgIpc) is 2.65. The maximum atomic E-state index is 6.06. The van der Waals surface area contributed by atoms with Crippen LogP contribution in [0.3, 0.4) is 0 Å². The van der Waals surface area contributed by atoms with E-state index in [0.717, 1.165) is 16.3 Å². The summed E-state index contributed by atoms with van der Waals surface area (Å²) < 4.78 is 1.74. The molecule has 2 aromatic rings. The monoisotopic (exact) mass is 256 g/mol. The van der Waals surface area contributed by atoms with Crippen molar-refractivity contribution in [2.45, 2.75) is 25.8 Å². The molecule has 0 aliphatic carbocycles. The summed E-state index contributed by atoms with van der Waals surface area (Å²) >= 11 is 7.80. The van der Waals surface area contributed by atoms with Crippen molar-refractivity contribution in [2.24, 2.45) is 5.92 Å². The Morgan fingerprint density at radius 1 is 1.50 bits per heavy atom. The fourth-order valence-electron chi connectivity index (χ4n) is 1.29. The summed E-state index contributed by atoms with van der Waals surface area (Å²) in [7, 11) is 0. The molecule has 6 heteroatoms. The van der Waals surface area contributed by atoms with Gasteiger partial charge in [0.05, 0.1) is 0 Å². The molecule has 0 fully saturated rings. The molecule has 0 N–H and O–H groups in total. The molecule has 86 valence electrons. The van der Waals surface area contributed by atoms with Gasteiger partial charge in [-0.2, -0.15) is 19.6 Å². The van der Waals surface area contributed by atoms with Crippen LogP contribution in [0.4, 0.5) is 0 Å². The summed E-state index contributed by atoms with van der Waals surface area (Å²) in [5, 5.41) is 5.70. The SMILES string of the molecule is Cc1c(Cl)nc2ncnn2c1SCC(C)C. The third-order valence-electron chi connectivity index (χ3n) is 2.10. The smallest absolute Gasteiger partial charge is 0.199 e. The van der Waals surface area contributed by atoms with Crippen molar-refractivity contribution in [3.05, 3.63) is 17.0 Å². The van der Waals surface area contributed by atoms with Crippen LogP contribution in [-0.4, -0.2) is 25.3 Å². The lowest BCUT2D eigenvalue weighted by molar-refractivity contribution is 0.745. The first kappa shape index (κ1) is 11.7. The van der Waals surface area contributed by atoms with Crippen molar-refractivity contribution in [3.63, 3.8) is 0 Å². The zero-order valence-electron chi connectivity index (χ0n) is 9.44. The number of halogens is 1.